The molecule has 3 rings (SSSR count). The fourth-order valence-electron chi connectivity index (χ4n) is 3.61. The minimum atomic E-state index is -0.0289. The highest BCUT2D eigenvalue weighted by atomic mass is 16.1. The lowest BCUT2D eigenvalue weighted by Gasteiger charge is -2.26. The molecule has 1 aliphatic heterocycles. The summed E-state index contributed by atoms with van der Waals surface area (Å²) in [6.07, 6.45) is 3.84. The number of nitrogens with one attached hydrogen (secondary N) is 2. The lowest BCUT2D eigenvalue weighted by molar-refractivity contribution is -0.122. The number of rotatable bonds is 3. The van der Waals surface area contributed by atoms with Crippen molar-refractivity contribution in [1.82, 2.24) is 10.6 Å². The highest BCUT2D eigenvalue weighted by Crippen LogP contribution is 2.30. The molecule has 0 aromatic heterocycles. The highest BCUT2D eigenvalue weighted by Gasteiger charge is 2.27. The van der Waals surface area contributed by atoms with E-state index in [1.807, 2.05) is 12.1 Å². The molecule has 108 valence electrons. The second-order valence-corrected chi connectivity index (χ2v) is 6.41. The van der Waals surface area contributed by atoms with E-state index in [-0.39, 0.29) is 11.8 Å². The number of hydrogen-bond acceptors (Lipinski definition) is 2. The number of hydrogen-bond donors (Lipinski definition) is 2. The Labute approximate surface area is 121 Å². The zero-order valence-corrected chi connectivity index (χ0v) is 12.2. The van der Waals surface area contributed by atoms with Crippen molar-refractivity contribution in [3.8, 4) is 0 Å². The van der Waals surface area contributed by atoms with Crippen molar-refractivity contribution in [3.63, 3.8) is 0 Å². The molecule has 3 heteroatoms. The van der Waals surface area contributed by atoms with Crippen molar-refractivity contribution in [2.45, 2.75) is 38.6 Å². The summed E-state index contributed by atoms with van der Waals surface area (Å²) in [5.74, 6) is 1.66. The van der Waals surface area contributed by atoms with Gasteiger partial charge in [-0.1, -0.05) is 37.6 Å². The fraction of sp³-hybridized carbons (Fsp3) is 0.588. The molecular weight excluding hydrogens is 248 g/mol. The second-order valence-electron chi connectivity index (χ2n) is 6.41. The van der Waals surface area contributed by atoms with Crippen LogP contribution in [0.25, 0.3) is 0 Å². The first-order valence-electron chi connectivity index (χ1n) is 7.80. The summed E-state index contributed by atoms with van der Waals surface area (Å²) >= 11 is 0. The summed E-state index contributed by atoms with van der Waals surface area (Å²) in [7, 11) is 0. The van der Waals surface area contributed by atoms with Gasteiger partial charge < -0.3 is 10.6 Å². The predicted octanol–water partition coefficient (Wildman–Crippen LogP) is 2.43. The smallest absolute Gasteiger partial charge is 0.228 e. The lowest BCUT2D eigenvalue weighted by Crippen LogP contribution is -2.40. The third-order valence-corrected chi connectivity index (χ3v) is 4.78. The van der Waals surface area contributed by atoms with E-state index in [0.29, 0.717) is 5.92 Å². The van der Waals surface area contributed by atoms with E-state index in [1.54, 1.807) is 0 Å². The number of benzene rings is 1. The van der Waals surface area contributed by atoms with Crippen molar-refractivity contribution in [2.75, 3.05) is 13.1 Å². The van der Waals surface area contributed by atoms with Gasteiger partial charge in [0.2, 0.25) is 5.91 Å². The number of amides is 1. The van der Waals surface area contributed by atoms with Crippen LogP contribution in [-0.4, -0.2) is 19.0 Å². The molecule has 0 saturated heterocycles. The maximum Gasteiger partial charge on any atom is 0.228 e. The van der Waals surface area contributed by atoms with Gasteiger partial charge in [0, 0.05) is 19.6 Å². The summed E-state index contributed by atoms with van der Waals surface area (Å²) in [4.78, 5) is 12.4. The SMILES string of the molecule is CC1CCC(CNC(=O)C2CNCc3ccccc32)C1. The first kappa shape index (κ1) is 13.6. The summed E-state index contributed by atoms with van der Waals surface area (Å²) in [6.45, 7) is 4.79. The molecule has 1 aliphatic carbocycles. The number of fused-ring (bicyclic) bond motifs is 1. The minimum Gasteiger partial charge on any atom is -0.355 e. The molecular formula is C17H24N2O. The van der Waals surface area contributed by atoms with Gasteiger partial charge in [0.15, 0.2) is 0 Å². The zero-order chi connectivity index (χ0) is 13.9. The molecule has 2 aliphatic rings. The Kier molecular flexibility index (Phi) is 4.06. The van der Waals surface area contributed by atoms with Crippen molar-refractivity contribution in [1.29, 1.82) is 0 Å². The van der Waals surface area contributed by atoms with Crippen LogP contribution in [0.15, 0.2) is 24.3 Å². The molecule has 3 nitrogen and oxygen atoms in total. The van der Waals surface area contributed by atoms with Crippen LogP contribution in [0.3, 0.4) is 0 Å². The summed E-state index contributed by atoms with van der Waals surface area (Å²) in [5, 5.41) is 6.52. The maximum absolute atomic E-state index is 12.4. The average Bonchev–Trinajstić information content (AvgIpc) is 2.90. The van der Waals surface area contributed by atoms with E-state index in [4.69, 9.17) is 0 Å². The number of carbonyl (C=O) groups excluding carboxylic acids is 1. The monoisotopic (exact) mass is 272 g/mol. The van der Waals surface area contributed by atoms with Crippen molar-refractivity contribution in [3.05, 3.63) is 35.4 Å². The van der Waals surface area contributed by atoms with Crippen molar-refractivity contribution >= 4 is 5.91 Å². The molecule has 2 N–H and O–H groups in total. The van der Waals surface area contributed by atoms with Crippen LogP contribution in [0.4, 0.5) is 0 Å². The van der Waals surface area contributed by atoms with E-state index in [9.17, 15) is 4.79 Å². The first-order chi connectivity index (χ1) is 9.74. The molecule has 0 radical (unpaired) electrons. The molecule has 1 heterocycles. The minimum absolute atomic E-state index is 0.0289. The standard InChI is InChI=1S/C17H24N2O/c1-12-6-7-13(8-12)9-19-17(20)16-11-18-10-14-4-2-3-5-15(14)16/h2-5,12-13,16,18H,6-11H2,1H3,(H,19,20). The summed E-state index contributed by atoms with van der Waals surface area (Å²) in [5.41, 5.74) is 2.46. The Bertz CT molecular complexity index is 486. The van der Waals surface area contributed by atoms with Crippen LogP contribution in [0.5, 0.6) is 0 Å². The Morgan fingerprint density at radius 3 is 3.00 bits per heavy atom. The molecule has 0 bridgehead atoms. The van der Waals surface area contributed by atoms with E-state index in [2.05, 4.69) is 29.7 Å². The zero-order valence-electron chi connectivity index (χ0n) is 12.2. The van der Waals surface area contributed by atoms with E-state index in [1.165, 1.54) is 30.4 Å². The second kappa shape index (κ2) is 5.96. The highest BCUT2D eigenvalue weighted by molar-refractivity contribution is 5.84. The van der Waals surface area contributed by atoms with Gasteiger partial charge in [0.25, 0.3) is 0 Å². The quantitative estimate of drug-likeness (QED) is 0.887. The Hall–Kier alpha value is -1.35. The van der Waals surface area contributed by atoms with Gasteiger partial charge in [-0.15, -0.1) is 0 Å². The normalized spacial score (nSPS) is 28.9. The van der Waals surface area contributed by atoms with Gasteiger partial charge in [0.05, 0.1) is 5.92 Å². The molecule has 1 fully saturated rings. The fourth-order valence-corrected chi connectivity index (χ4v) is 3.61. The maximum atomic E-state index is 12.4. The van der Waals surface area contributed by atoms with Crippen LogP contribution in [0.1, 0.15) is 43.2 Å². The van der Waals surface area contributed by atoms with Crippen molar-refractivity contribution in [2.24, 2.45) is 11.8 Å². The van der Waals surface area contributed by atoms with Crippen LogP contribution < -0.4 is 10.6 Å². The van der Waals surface area contributed by atoms with Gasteiger partial charge in [-0.25, -0.2) is 0 Å². The molecule has 1 aromatic carbocycles. The summed E-state index contributed by atoms with van der Waals surface area (Å²) in [6, 6.07) is 8.28. The summed E-state index contributed by atoms with van der Waals surface area (Å²) < 4.78 is 0. The van der Waals surface area contributed by atoms with Gasteiger partial charge in [-0.05, 0) is 35.8 Å². The van der Waals surface area contributed by atoms with Crippen molar-refractivity contribution < 1.29 is 4.79 Å². The van der Waals surface area contributed by atoms with Gasteiger partial charge >= 0.3 is 0 Å². The van der Waals surface area contributed by atoms with Crippen LogP contribution >= 0.6 is 0 Å². The third kappa shape index (κ3) is 2.88. The topological polar surface area (TPSA) is 41.1 Å². The van der Waals surface area contributed by atoms with Gasteiger partial charge in [0.1, 0.15) is 0 Å². The lowest BCUT2D eigenvalue weighted by atomic mass is 9.90. The largest absolute Gasteiger partial charge is 0.355 e. The third-order valence-electron chi connectivity index (χ3n) is 4.78. The van der Waals surface area contributed by atoms with Crippen LogP contribution in [0.2, 0.25) is 0 Å². The van der Waals surface area contributed by atoms with Gasteiger partial charge in [-0.3, -0.25) is 4.79 Å². The average molecular weight is 272 g/mol. The molecule has 3 atom stereocenters. The van der Waals surface area contributed by atoms with E-state index < -0.39 is 0 Å². The number of carbonyl (C=O) groups is 1. The van der Waals surface area contributed by atoms with Gasteiger partial charge in [-0.2, -0.15) is 0 Å². The van der Waals surface area contributed by atoms with Crippen LogP contribution in [0, 0.1) is 11.8 Å². The Morgan fingerprint density at radius 2 is 2.20 bits per heavy atom. The van der Waals surface area contributed by atoms with E-state index >= 15 is 0 Å². The van der Waals surface area contributed by atoms with Crippen LogP contribution in [-0.2, 0) is 11.3 Å². The molecule has 0 spiro atoms. The molecule has 3 unspecified atom stereocenters. The molecule has 1 aromatic rings. The predicted molar refractivity (Wildman–Crippen MR) is 80.4 cm³/mol. The molecule has 20 heavy (non-hydrogen) atoms. The van der Waals surface area contributed by atoms with E-state index in [0.717, 1.165) is 25.6 Å². The molecule has 1 amide bonds. The Morgan fingerprint density at radius 1 is 1.35 bits per heavy atom. The first-order valence-corrected chi connectivity index (χ1v) is 7.80. The Balaban J connectivity index is 1.60. The molecule has 1 saturated carbocycles.